The molecule has 0 bridgehead atoms. The zero-order chi connectivity index (χ0) is 15.6. The molecule has 1 aromatic heterocycles. The van der Waals surface area contributed by atoms with E-state index in [1.807, 2.05) is 0 Å². The number of hydrogen-bond donors (Lipinski definition) is 2. The lowest BCUT2D eigenvalue weighted by Gasteiger charge is -2.28. The SMILES string of the molecule is CC(O)(c1ccc(F)cc1)c1cnc(N2CCNCC2)nc1. The van der Waals surface area contributed by atoms with Crippen LogP contribution in [0.5, 0.6) is 0 Å². The summed E-state index contributed by atoms with van der Waals surface area (Å²) < 4.78 is 13.0. The fourth-order valence-electron chi connectivity index (χ4n) is 2.54. The Kier molecular flexibility index (Phi) is 4.04. The summed E-state index contributed by atoms with van der Waals surface area (Å²) in [4.78, 5) is 10.8. The number of halogens is 1. The molecule has 2 N–H and O–H groups in total. The molecule has 2 heterocycles. The molecule has 116 valence electrons. The third kappa shape index (κ3) is 2.93. The summed E-state index contributed by atoms with van der Waals surface area (Å²) in [7, 11) is 0. The van der Waals surface area contributed by atoms with E-state index < -0.39 is 5.60 Å². The van der Waals surface area contributed by atoms with Crippen molar-refractivity contribution < 1.29 is 9.50 Å². The molecule has 2 aromatic rings. The van der Waals surface area contributed by atoms with Crippen LogP contribution < -0.4 is 10.2 Å². The van der Waals surface area contributed by atoms with E-state index in [-0.39, 0.29) is 5.82 Å². The maximum Gasteiger partial charge on any atom is 0.225 e. The van der Waals surface area contributed by atoms with Gasteiger partial charge in [-0.1, -0.05) is 12.1 Å². The maximum atomic E-state index is 13.0. The first-order valence-electron chi connectivity index (χ1n) is 7.34. The number of rotatable bonds is 3. The molecular formula is C16H19FN4O. The fourth-order valence-corrected chi connectivity index (χ4v) is 2.54. The van der Waals surface area contributed by atoms with E-state index in [4.69, 9.17) is 0 Å². The number of nitrogens with zero attached hydrogens (tertiary/aromatic N) is 3. The summed E-state index contributed by atoms with van der Waals surface area (Å²) in [6.45, 7) is 5.22. The molecule has 1 unspecified atom stereocenters. The third-order valence-electron chi connectivity index (χ3n) is 4.01. The minimum absolute atomic E-state index is 0.329. The molecule has 22 heavy (non-hydrogen) atoms. The highest BCUT2D eigenvalue weighted by Crippen LogP contribution is 2.28. The third-order valence-corrected chi connectivity index (χ3v) is 4.01. The van der Waals surface area contributed by atoms with Gasteiger partial charge in [0.25, 0.3) is 0 Å². The second-order valence-electron chi connectivity index (χ2n) is 5.59. The fraction of sp³-hybridized carbons (Fsp3) is 0.375. The summed E-state index contributed by atoms with van der Waals surface area (Å²) in [6, 6.07) is 5.80. The summed E-state index contributed by atoms with van der Waals surface area (Å²) in [6.07, 6.45) is 3.27. The van der Waals surface area contributed by atoms with Gasteiger partial charge in [0.15, 0.2) is 0 Å². The Morgan fingerprint density at radius 1 is 1.09 bits per heavy atom. The van der Waals surface area contributed by atoms with Gasteiger partial charge in [0.1, 0.15) is 11.4 Å². The molecule has 1 aromatic carbocycles. The number of piperazine rings is 1. The second kappa shape index (κ2) is 5.98. The molecule has 1 aliphatic heterocycles. The predicted octanol–water partition coefficient (Wildman–Crippen LogP) is 1.28. The van der Waals surface area contributed by atoms with Crippen LogP contribution in [0.4, 0.5) is 10.3 Å². The molecule has 3 rings (SSSR count). The van der Waals surface area contributed by atoms with Crippen molar-refractivity contribution in [3.8, 4) is 0 Å². The van der Waals surface area contributed by atoms with Crippen LogP contribution in [0.2, 0.25) is 0 Å². The summed E-state index contributed by atoms with van der Waals surface area (Å²) in [5, 5.41) is 14.0. The number of nitrogens with one attached hydrogen (secondary N) is 1. The lowest BCUT2D eigenvalue weighted by molar-refractivity contribution is 0.101. The molecule has 0 radical (unpaired) electrons. The van der Waals surface area contributed by atoms with Gasteiger partial charge in [-0.05, 0) is 24.6 Å². The highest BCUT2D eigenvalue weighted by atomic mass is 19.1. The predicted molar refractivity (Wildman–Crippen MR) is 82.2 cm³/mol. The molecule has 0 aliphatic carbocycles. The minimum Gasteiger partial charge on any atom is -0.381 e. The first-order valence-corrected chi connectivity index (χ1v) is 7.34. The van der Waals surface area contributed by atoms with Crippen LogP contribution >= 0.6 is 0 Å². The molecule has 6 heteroatoms. The van der Waals surface area contributed by atoms with Gasteiger partial charge in [0.05, 0.1) is 0 Å². The Morgan fingerprint density at radius 2 is 1.68 bits per heavy atom. The van der Waals surface area contributed by atoms with Crippen molar-refractivity contribution in [3.05, 3.63) is 53.6 Å². The lowest BCUT2D eigenvalue weighted by Crippen LogP contribution is -2.44. The minimum atomic E-state index is -1.25. The number of hydrogen-bond acceptors (Lipinski definition) is 5. The van der Waals surface area contributed by atoms with Crippen LogP contribution in [0.3, 0.4) is 0 Å². The standard InChI is InChI=1S/C16H19FN4O/c1-16(22,12-2-4-14(17)5-3-12)13-10-19-15(20-11-13)21-8-6-18-7-9-21/h2-5,10-11,18,22H,6-9H2,1H3. The van der Waals surface area contributed by atoms with Crippen molar-refractivity contribution in [2.45, 2.75) is 12.5 Å². The first kappa shape index (κ1) is 14.9. The highest BCUT2D eigenvalue weighted by molar-refractivity contribution is 5.36. The molecule has 0 spiro atoms. The molecular weight excluding hydrogens is 283 g/mol. The number of benzene rings is 1. The monoisotopic (exact) mass is 302 g/mol. The van der Waals surface area contributed by atoms with Crippen LogP contribution in [0.25, 0.3) is 0 Å². The molecule has 1 saturated heterocycles. The van der Waals surface area contributed by atoms with E-state index >= 15 is 0 Å². The quantitative estimate of drug-likeness (QED) is 0.894. The number of aliphatic hydroxyl groups is 1. The van der Waals surface area contributed by atoms with Gasteiger partial charge < -0.3 is 15.3 Å². The Morgan fingerprint density at radius 3 is 2.27 bits per heavy atom. The summed E-state index contributed by atoms with van der Waals surface area (Å²) >= 11 is 0. The van der Waals surface area contributed by atoms with Crippen LogP contribution in [-0.2, 0) is 5.60 Å². The Bertz CT molecular complexity index is 622. The van der Waals surface area contributed by atoms with Crippen molar-refractivity contribution >= 4 is 5.95 Å². The molecule has 0 saturated carbocycles. The lowest BCUT2D eigenvalue weighted by atomic mass is 9.90. The van der Waals surface area contributed by atoms with E-state index in [1.165, 1.54) is 12.1 Å². The van der Waals surface area contributed by atoms with Gasteiger partial charge in [0.2, 0.25) is 5.95 Å². The van der Waals surface area contributed by atoms with E-state index in [1.54, 1.807) is 31.5 Å². The van der Waals surface area contributed by atoms with Crippen molar-refractivity contribution in [3.63, 3.8) is 0 Å². The Hall–Kier alpha value is -2.05. The normalized spacial score (nSPS) is 18.0. The second-order valence-corrected chi connectivity index (χ2v) is 5.59. The van der Waals surface area contributed by atoms with Crippen molar-refractivity contribution in [2.24, 2.45) is 0 Å². The number of anilines is 1. The highest BCUT2D eigenvalue weighted by Gasteiger charge is 2.27. The Labute approximate surface area is 128 Å². The van der Waals surface area contributed by atoms with Gasteiger partial charge in [-0.25, -0.2) is 14.4 Å². The van der Waals surface area contributed by atoms with Crippen LogP contribution in [0.15, 0.2) is 36.7 Å². The average Bonchev–Trinajstić information content (AvgIpc) is 2.56. The van der Waals surface area contributed by atoms with Gasteiger partial charge in [-0.15, -0.1) is 0 Å². The molecule has 1 fully saturated rings. The van der Waals surface area contributed by atoms with Crippen molar-refractivity contribution in [2.75, 3.05) is 31.1 Å². The largest absolute Gasteiger partial charge is 0.381 e. The van der Waals surface area contributed by atoms with Gasteiger partial charge in [0, 0.05) is 44.1 Å². The molecule has 5 nitrogen and oxygen atoms in total. The molecule has 1 atom stereocenters. The maximum absolute atomic E-state index is 13.0. The summed E-state index contributed by atoms with van der Waals surface area (Å²) in [5.41, 5.74) is -0.0687. The molecule has 1 aliphatic rings. The van der Waals surface area contributed by atoms with E-state index in [2.05, 4.69) is 20.2 Å². The zero-order valence-corrected chi connectivity index (χ0v) is 12.5. The first-order chi connectivity index (χ1) is 10.6. The smallest absolute Gasteiger partial charge is 0.225 e. The Balaban J connectivity index is 1.83. The van der Waals surface area contributed by atoms with Crippen LogP contribution in [0.1, 0.15) is 18.1 Å². The zero-order valence-electron chi connectivity index (χ0n) is 12.5. The molecule has 0 amide bonds. The van der Waals surface area contributed by atoms with Crippen LogP contribution in [-0.4, -0.2) is 41.3 Å². The van der Waals surface area contributed by atoms with Gasteiger partial charge in [-0.2, -0.15) is 0 Å². The topological polar surface area (TPSA) is 61.3 Å². The van der Waals surface area contributed by atoms with E-state index in [0.717, 1.165) is 26.2 Å². The van der Waals surface area contributed by atoms with E-state index in [9.17, 15) is 9.50 Å². The van der Waals surface area contributed by atoms with Crippen molar-refractivity contribution in [1.82, 2.24) is 15.3 Å². The number of aromatic nitrogens is 2. The summed E-state index contributed by atoms with van der Waals surface area (Å²) in [5.74, 6) is 0.338. The average molecular weight is 302 g/mol. The van der Waals surface area contributed by atoms with Crippen molar-refractivity contribution in [1.29, 1.82) is 0 Å². The van der Waals surface area contributed by atoms with Gasteiger partial charge in [-0.3, -0.25) is 0 Å². The van der Waals surface area contributed by atoms with Crippen LogP contribution in [0, 0.1) is 5.82 Å². The van der Waals surface area contributed by atoms with E-state index in [0.29, 0.717) is 17.1 Å². The van der Waals surface area contributed by atoms with Gasteiger partial charge >= 0.3 is 0 Å².